The second-order valence-corrected chi connectivity index (χ2v) is 7.53. The van der Waals surface area contributed by atoms with Gasteiger partial charge in [0.15, 0.2) is 0 Å². The second kappa shape index (κ2) is 6.20. The zero-order valence-electron chi connectivity index (χ0n) is 12.4. The van der Waals surface area contributed by atoms with Crippen molar-refractivity contribution in [2.75, 3.05) is 6.54 Å². The summed E-state index contributed by atoms with van der Waals surface area (Å²) in [6.07, 6.45) is 0.628. The maximum Gasteiger partial charge on any atom is 0.241 e. The third-order valence-corrected chi connectivity index (χ3v) is 4.92. The van der Waals surface area contributed by atoms with Crippen LogP contribution in [0.3, 0.4) is 0 Å². The first-order chi connectivity index (χ1) is 9.09. The van der Waals surface area contributed by atoms with Crippen molar-refractivity contribution in [1.82, 2.24) is 4.72 Å². The lowest BCUT2D eigenvalue weighted by Gasteiger charge is -2.31. The van der Waals surface area contributed by atoms with Crippen LogP contribution in [0.1, 0.15) is 32.8 Å². The van der Waals surface area contributed by atoms with Crippen LogP contribution in [0.15, 0.2) is 23.1 Å². The van der Waals surface area contributed by atoms with Crippen LogP contribution >= 0.6 is 0 Å². The first kappa shape index (κ1) is 17.1. The maximum absolute atomic E-state index is 13.1. The van der Waals surface area contributed by atoms with Gasteiger partial charge in [0.25, 0.3) is 0 Å². The Hall–Kier alpha value is -0.980. The van der Waals surface area contributed by atoms with Crippen molar-refractivity contribution in [3.63, 3.8) is 0 Å². The van der Waals surface area contributed by atoms with E-state index < -0.39 is 21.4 Å². The smallest absolute Gasteiger partial charge is 0.241 e. The van der Waals surface area contributed by atoms with Crippen LogP contribution in [-0.2, 0) is 10.0 Å². The highest BCUT2D eigenvalue weighted by Crippen LogP contribution is 2.21. The molecule has 0 saturated carbocycles. The molecule has 6 heteroatoms. The number of halogens is 1. The fourth-order valence-electron chi connectivity index (χ4n) is 2.36. The van der Waals surface area contributed by atoms with Gasteiger partial charge in [-0.15, -0.1) is 0 Å². The van der Waals surface area contributed by atoms with Crippen LogP contribution in [0.4, 0.5) is 4.39 Å². The van der Waals surface area contributed by atoms with E-state index in [0.29, 0.717) is 17.9 Å². The molecule has 1 unspecified atom stereocenters. The molecule has 0 radical (unpaired) electrons. The van der Waals surface area contributed by atoms with E-state index in [1.807, 2.05) is 13.8 Å². The molecule has 3 N–H and O–H groups in total. The zero-order valence-corrected chi connectivity index (χ0v) is 13.2. The van der Waals surface area contributed by atoms with Crippen LogP contribution in [0.5, 0.6) is 0 Å². The molecule has 114 valence electrons. The molecule has 0 bridgehead atoms. The van der Waals surface area contributed by atoms with E-state index in [-0.39, 0.29) is 11.4 Å². The topological polar surface area (TPSA) is 72.2 Å². The minimum atomic E-state index is -3.72. The van der Waals surface area contributed by atoms with Gasteiger partial charge in [0.1, 0.15) is 5.82 Å². The van der Waals surface area contributed by atoms with Crippen LogP contribution in [0.2, 0.25) is 0 Å². The molecular formula is C14H23FN2O2S. The zero-order chi connectivity index (χ0) is 15.6. The van der Waals surface area contributed by atoms with Crippen LogP contribution < -0.4 is 10.5 Å². The van der Waals surface area contributed by atoms with E-state index in [1.165, 1.54) is 12.1 Å². The molecule has 0 amide bonds. The number of nitrogens with two attached hydrogens (primary N) is 1. The summed E-state index contributed by atoms with van der Waals surface area (Å²) in [7, 11) is -3.72. The highest BCUT2D eigenvalue weighted by molar-refractivity contribution is 7.89. The molecule has 0 heterocycles. The van der Waals surface area contributed by atoms with Crippen molar-refractivity contribution < 1.29 is 12.8 Å². The molecule has 20 heavy (non-hydrogen) atoms. The minimum absolute atomic E-state index is 0.0855. The standard InChI is InChI=1S/C14H23FN2O2S/c1-10(2)8-14(4,9-16)17-20(18,19)13-6-5-12(15)7-11(13)3/h5-7,10,17H,8-9,16H2,1-4H3. The molecule has 1 aromatic rings. The van der Waals surface area contributed by atoms with Crippen LogP contribution in [-0.4, -0.2) is 20.5 Å². The van der Waals surface area contributed by atoms with Crippen LogP contribution in [0.25, 0.3) is 0 Å². The average Bonchev–Trinajstić information content (AvgIpc) is 2.26. The number of sulfonamides is 1. The molecule has 0 aliphatic carbocycles. The number of aryl methyl sites for hydroxylation is 1. The Morgan fingerprint density at radius 1 is 1.40 bits per heavy atom. The van der Waals surface area contributed by atoms with Gasteiger partial charge >= 0.3 is 0 Å². The highest BCUT2D eigenvalue weighted by Gasteiger charge is 2.30. The van der Waals surface area contributed by atoms with Crippen molar-refractivity contribution in [1.29, 1.82) is 0 Å². The molecular weight excluding hydrogens is 279 g/mol. The summed E-state index contributed by atoms with van der Waals surface area (Å²) in [6.45, 7) is 7.56. The highest BCUT2D eigenvalue weighted by atomic mass is 32.2. The first-order valence-electron chi connectivity index (χ1n) is 6.60. The molecule has 4 nitrogen and oxygen atoms in total. The summed E-state index contributed by atoms with van der Waals surface area (Å²) < 4.78 is 40.6. The van der Waals surface area contributed by atoms with E-state index >= 15 is 0 Å². The number of rotatable bonds is 6. The lowest BCUT2D eigenvalue weighted by Crippen LogP contribution is -2.52. The molecule has 0 aliphatic rings. The lowest BCUT2D eigenvalue weighted by molar-refractivity contribution is 0.344. The van der Waals surface area contributed by atoms with E-state index in [1.54, 1.807) is 13.8 Å². The first-order valence-corrected chi connectivity index (χ1v) is 8.08. The van der Waals surface area contributed by atoms with Crippen molar-refractivity contribution in [2.24, 2.45) is 11.7 Å². The van der Waals surface area contributed by atoms with Gasteiger partial charge in [-0.05, 0) is 49.9 Å². The van der Waals surface area contributed by atoms with E-state index in [9.17, 15) is 12.8 Å². The van der Waals surface area contributed by atoms with Crippen molar-refractivity contribution in [3.8, 4) is 0 Å². The van der Waals surface area contributed by atoms with Gasteiger partial charge in [0, 0.05) is 12.1 Å². The van der Waals surface area contributed by atoms with Crippen LogP contribution in [0, 0.1) is 18.7 Å². The Morgan fingerprint density at radius 3 is 2.45 bits per heavy atom. The largest absolute Gasteiger partial charge is 0.329 e. The lowest BCUT2D eigenvalue weighted by atomic mass is 9.92. The van der Waals surface area contributed by atoms with Crippen molar-refractivity contribution >= 4 is 10.0 Å². The fourth-order valence-corrected chi connectivity index (χ4v) is 4.02. The summed E-state index contributed by atoms with van der Waals surface area (Å²) >= 11 is 0. The number of hydrogen-bond donors (Lipinski definition) is 2. The quantitative estimate of drug-likeness (QED) is 0.846. The molecule has 0 aromatic heterocycles. The molecule has 1 rings (SSSR count). The predicted molar refractivity (Wildman–Crippen MR) is 78.4 cm³/mol. The summed E-state index contributed by atoms with van der Waals surface area (Å²) in [5.41, 5.74) is 5.38. The van der Waals surface area contributed by atoms with E-state index in [4.69, 9.17) is 5.73 Å². The minimum Gasteiger partial charge on any atom is -0.329 e. The summed E-state index contributed by atoms with van der Waals surface area (Å²) in [5, 5.41) is 0. The predicted octanol–water partition coefficient (Wildman–Crippen LogP) is 2.18. The maximum atomic E-state index is 13.1. The summed E-state index contributed by atoms with van der Waals surface area (Å²) in [6, 6.07) is 3.62. The average molecular weight is 302 g/mol. The molecule has 0 spiro atoms. The fraction of sp³-hybridized carbons (Fsp3) is 0.571. The Labute approximate surface area is 120 Å². The van der Waals surface area contributed by atoms with E-state index in [2.05, 4.69) is 4.72 Å². The van der Waals surface area contributed by atoms with Crippen molar-refractivity contribution in [3.05, 3.63) is 29.6 Å². The summed E-state index contributed by atoms with van der Waals surface area (Å²) in [5.74, 6) is -0.147. The normalized spacial score (nSPS) is 15.3. The second-order valence-electron chi connectivity index (χ2n) is 5.88. The Balaban J connectivity index is 3.10. The van der Waals surface area contributed by atoms with E-state index in [0.717, 1.165) is 6.07 Å². The molecule has 0 aliphatic heterocycles. The monoisotopic (exact) mass is 302 g/mol. The molecule has 0 fully saturated rings. The summed E-state index contributed by atoms with van der Waals surface area (Å²) in [4.78, 5) is 0.0855. The Bertz CT molecular complexity index is 573. The Morgan fingerprint density at radius 2 is 2.00 bits per heavy atom. The van der Waals surface area contributed by atoms with Gasteiger partial charge in [0.05, 0.1) is 4.90 Å². The number of hydrogen-bond acceptors (Lipinski definition) is 3. The van der Waals surface area contributed by atoms with Crippen molar-refractivity contribution in [2.45, 2.75) is 44.6 Å². The van der Waals surface area contributed by atoms with Gasteiger partial charge < -0.3 is 5.73 Å². The number of nitrogens with one attached hydrogen (secondary N) is 1. The van der Waals surface area contributed by atoms with Gasteiger partial charge in [-0.2, -0.15) is 0 Å². The third-order valence-electron chi connectivity index (χ3n) is 3.12. The SMILES string of the molecule is Cc1cc(F)ccc1S(=O)(=O)NC(C)(CN)CC(C)C. The molecule has 1 aromatic carbocycles. The van der Waals surface area contributed by atoms with Gasteiger partial charge in [0.2, 0.25) is 10.0 Å². The number of benzene rings is 1. The Kier molecular flexibility index (Phi) is 5.29. The van der Waals surface area contributed by atoms with Gasteiger partial charge in [-0.3, -0.25) is 0 Å². The molecule has 0 saturated heterocycles. The van der Waals surface area contributed by atoms with Gasteiger partial charge in [-0.1, -0.05) is 13.8 Å². The van der Waals surface area contributed by atoms with Gasteiger partial charge in [-0.25, -0.2) is 17.5 Å². The third kappa shape index (κ3) is 4.26. The molecule has 1 atom stereocenters.